The summed E-state index contributed by atoms with van der Waals surface area (Å²) in [6, 6.07) is 3.51. The molecule has 1 aromatic rings. The summed E-state index contributed by atoms with van der Waals surface area (Å²) in [4.78, 5) is 17.6. The zero-order valence-electron chi connectivity index (χ0n) is 10.0. The van der Waals surface area contributed by atoms with E-state index in [1.165, 1.54) is 4.90 Å². The van der Waals surface area contributed by atoms with Crippen LogP contribution in [0.5, 0.6) is 5.88 Å². The standard InChI is InChI=1S/C12H16N2O2S/c1-14(2)12(15)10-4-3-6-13-11(10)16-9-5-7-17-8-9/h3-4,6,9H,5,7-8H2,1-2H3/t9-/m0/s1. The smallest absolute Gasteiger partial charge is 0.258 e. The molecule has 2 heterocycles. The van der Waals surface area contributed by atoms with E-state index in [0.29, 0.717) is 11.4 Å². The monoisotopic (exact) mass is 252 g/mol. The number of nitrogens with zero attached hydrogens (tertiary/aromatic N) is 2. The van der Waals surface area contributed by atoms with Gasteiger partial charge in [-0.1, -0.05) is 0 Å². The fourth-order valence-corrected chi connectivity index (χ4v) is 2.75. The van der Waals surface area contributed by atoms with Gasteiger partial charge in [-0.15, -0.1) is 0 Å². The van der Waals surface area contributed by atoms with Gasteiger partial charge >= 0.3 is 0 Å². The first-order valence-electron chi connectivity index (χ1n) is 5.59. The van der Waals surface area contributed by atoms with Gasteiger partial charge in [0, 0.05) is 26.0 Å². The van der Waals surface area contributed by atoms with Crippen molar-refractivity contribution in [3.05, 3.63) is 23.9 Å². The molecule has 0 unspecified atom stereocenters. The highest BCUT2D eigenvalue weighted by atomic mass is 32.2. The van der Waals surface area contributed by atoms with Crippen LogP contribution in [0.2, 0.25) is 0 Å². The van der Waals surface area contributed by atoms with Crippen molar-refractivity contribution in [1.82, 2.24) is 9.88 Å². The summed E-state index contributed by atoms with van der Waals surface area (Å²) in [6.07, 6.45) is 2.87. The maximum absolute atomic E-state index is 11.9. The van der Waals surface area contributed by atoms with Crippen LogP contribution in [-0.4, -0.2) is 47.5 Å². The van der Waals surface area contributed by atoms with Crippen LogP contribution in [0.4, 0.5) is 0 Å². The van der Waals surface area contributed by atoms with Gasteiger partial charge in [-0.25, -0.2) is 4.98 Å². The van der Waals surface area contributed by atoms with E-state index >= 15 is 0 Å². The van der Waals surface area contributed by atoms with E-state index in [1.54, 1.807) is 32.4 Å². The summed E-state index contributed by atoms with van der Waals surface area (Å²) in [5, 5.41) is 0. The Hall–Kier alpha value is -1.23. The van der Waals surface area contributed by atoms with Crippen molar-refractivity contribution in [2.24, 2.45) is 0 Å². The number of hydrogen-bond acceptors (Lipinski definition) is 4. The molecule has 0 spiro atoms. The van der Waals surface area contributed by atoms with Gasteiger partial charge in [-0.3, -0.25) is 4.79 Å². The first kappa shape index (κ1) is 12.2. The fraction of sp³-hybridized carbons (Fsp3) is 0.500. The summed E-state index contributed by atoms with van der Waals surface area (Å²) < 4.78 is 5.80. The molecule has 1 saturated heterocycles. The van der Waals surface area contributed by atoms with Crippen LogP contribution in [-0.2, 0) is 0 Å². The SMILES string of the molecule is CN(C)C(=O)c1cccnc1O[C@H]1CCSC1. The highest BCUT2D eigenvalue weighted by Crippen LogP contribution is 2.24. The molecule has 0 radical (unpaired) electrons. The maximum atomic E-state index is 11.9. The van der Waals surface area contributed by atoms with Crippen LogP contribution in [0, 0.1) is 0 Å². The molecule has 0 aromatic carbocycles. The number of rotatable bonds is 3. The number of thioether (sulfide) groups is 1. The van der Waals surface area contributed by atoms with Gasteiger partial charge in [0.1, 0.15) is 11.7 Å². The van der Waals surface area contributed by atoms with Crippen LogP contribution < -0.4 is 4.74 Å². The predicted molar refractivity (Wildman–Crippen MR) is 68.6 cm³/mol. The third kappa shape index (κ3) is 2.91. The lowest BCUT2D eigenvalue weighted by atomic mass is 10.2. The molecule has 5 heteroatoms. The molecule has 17 heavy (non-hydrogen) atoms. The second-order valence-electron chi connectivity index (χ2n) is 4.16. The molecule has 1 atom stereocenters. The third-order valence-electron chi connectivity index (χ3n) is 2.57. The summed E-state index contributed by atoms with van der Waals surface area (Å²) >= 11 is 1.87. The van der Waals surface area contributed by atoms with Crippen molar-refractivity contribution in [3.8, 4) is 5.88 Å². The Kier molecular flexibility index (Phi) is 3.89. The Bertz CT molecular complexity index is 403. The molecule has 1 amide bonds. The minimum Gasteiger partial charge on any atom is -0.473 e. The summed E-state index contributed by atoms with van der Waals surface area (Å²) in [5.41, 5.74) is 0.536. The van der Waals surface area contributed by atoms with E-state index in [9.17, 15) is 4.79 Å². The highest BCUT2D eigenvalue weighted by Gasteiger charge is 2.21. The normalized spacial score (nSPS) is 19.1. The number of ether oxygens (including phenoxy) is 1. The molecule has 92 valence electrons. The third-order valence-corrected chi connectivity index (χ3v) is 3.71. The van der Waals surface area contributed by atoms with Crippen molar-refractivity contribution in [2.75, 3.05) is 25.6 Å². The van der Waals surface area contributed by atoms with Crippen molar-refractivity contribution in [1.29, 1.82) is 0 Å². The molecule has 1 aliphatic heterocycles. The molecule has 1 aliphatic rings. The molecule has 4 nitrogen and oxygen atoms in total. The Morgan fingerprint density at radius 2 is 2.41 bits per heavy atom. The number of aromatic nitrogens is 1. The molecule has 1 fully saturated rings. The minimum absolute atomic E-state index is 0.0706. The van der Waals surface area contributed by atoms with Gasteiger partial charge in [0.25, 0.3) is 5.91 Å². The predicted octanol–water partition coefficient (Wildman–Crippen LogP) is 1.67. The molecular weight excluding hydrogens is 236 g/mol. The largest absolute Gasteiger partial charge is 0.473 e. The van der Waals surface area contributed by atoms with Gasteiger partial charge in [-0.05, 0) is 24.3 Å². The summed E-state index contributed by atoms with van der Waals surface area (Å²) in [5.74, 6) is 2.48. The van der Waals surface area contributed by atoms with Crippen molar-refractivity contribution >= 4 is 17.7 Å². The summed E-state index contributed by atoms with van der Waals surface area (Å²) in [7, 11) is 3.45. The van der Waals surface area contributed by atoms with Crippen molar-refractivity contribution < 1.29 is 9.53 Å². The van der Waals surface area contributed by atoms with Crippen molar-refractivity contribution in [2.45, 2.75) is 12.5 Å². The molecule has 0 bridgehead atoms. The average molecular weight is 252 g/mol. The minimum atomic E-state index is -0.0706. The van der Waals surface area contributed by atoms with E-state index in [-0.39, 0.29) is 12.0 Å². The van der Waals surface area contributed by atoms with E-state index < -0.39 is 0 Å². The van der Waals surface area contributed by atoms with Gasteiger partial charge in [0.05, 0.1) is 0 Å². The van der Waals surface area contributed by atoms with Crippen LogP contribution in [0.1, 0.15) is 16.8 Å². The van der Waals surface area contributed by atoms with Crippen LogP contribution in [0.15, 0.2) is 18.3 Å². The Morgan fingerprint density at radius 3 is 3.06 bits per heavy atom. The zero-order chi connectivity index (χ0) is 12.3. The number of pyridine rings is 1. The van der Waals surface area contributed by atoms with Gasteiger partial charge in [0.2, 0.25) is 5.88 Å². The molecule has 0 N–H and O–H groups in total. The zero-order valence-corrected chi connectivity index (χ0v) is 10.9. The molecular formula is C12H16N2O2S. The average Bonchev–Trinajstić information content (AvgIpc) is 2.81. The van der Waals surface area contributed by atoms with Crippen molar-refractivity contribution in [3.63, 3.8) is 0 Å². The Balaban J connectivity index is 2.17. The summed E-state index contributed by atoms with van der Waals surface area (Å²) in [6.45, 7) is 0. The second-order valence-corrected chi connectivity index (χ2v) is 5.31. The lowest BCUT2D eigenvalue weighted by Gasteiger charge is -2.16. The molecule has 0 aliphatic carbocycles. The number of carbonyl (C=O) groups is 1. The molecule has 1 aromatic heterocycles. The van der Waals surface area contributed by atoms with E-state index in [4.69, 9.17) is 4.74 Å². The van der Waals surface area contributed by atoms with Gasteiger partial charge in [0.15, 0.2) is 0 Å². The Morgan fingerprint density at radius 1 is 1.59 bits per heavy atom. The van der Waals surface area contributed by atoms with E-state index in [1.807, 2.05) is 11.8 Å². The number of carbonyl (C=O) groups excluding carboxylic acids is 1. The van der Waals surface area contributed by atoms with Gasteiger partial charge < -0.3 is 9.64 Å². The first-order valence-corrected chi connectivity index (χ1v) is 6.75. The second kappa shape index (κ2) is 5.40. The quantitative estimate of drug-likeness (QED) is 0.820. The van der Waals surface area contributed by atoms with E-state index in [0.717, 1.165) is 17.9 Å². The fourth-order valence-electron chi connectivity index (χ4n) is 1.65. The lowest BCUT2D eigenvalue weighted by Crippen LogP contribution is -2.24. The Labute approximate surface area is 105 Å². The molecule has 0 saturated carbocycles. The first-order chi connectivity index (χ1) is 8.18. The maximum Gasteiger partial charge on any atom is 0.258 e. The number of amides is 1. The number of hydrogen-bond donors (Lipinski definition) is 0. The highest BCUT2D eigenvalue weighted by molar-refractivity contribution is 7.99. The van der Waals surface area contributed by atoms with Gasteiger partial charge in [-0.2, -0.15) is 11.8 Å². The van der Waals surface area contributed by atoms with Crippen LogP contribution >= 0.6 is 11.8 Å². The molecule has 2 rings (SSSR count). The van der Waals surface area contributed by atoms with E-state index in [2.05, 4.69) is 4.98 Å². The van der Waals surface area contributed by atoms with Crippen LogP contribution in [0.3, 0.4) is 0 Å². The lowest BCUT2D eigenvalue weighted by molar-refractivity contribution is 0.0819. The van der Waals surface area contributed by atoms with Crippen LogP contribution in [0.25, 0.3) is 0 Å². The topological polar surface area (TPSA) is 42.4 Å².